The molecule has 2 heterocycles. The third kappa shape index (κ3) is 4.51. The number of morpholine rings is 1. The van der Waals surface area contributed by atoms with E-state index in [4.69, 9.17) is 9.47 Å². The lowest BCUT2D eigenvalue weighted by molar-refractivity contribution is -0.384. The predicted octanol–water partition coefficient (Wildman–Crippen LogP) is 4.24. The fourth-order valence-corrected chi connectivity index (χ4v) is 4.12. The van der Waals surface area contributed by atoms with Gasteiger partial charge in [0.1, 0.15) is 17.3 Å². The van der Waals surface area contributed by atoms with Crippen LogP contribution in [-0.4, -0.2) is 54.2 Å². The maximum atomic E-state index is 13.1. The zero-order valence-corrected chi connectivity index (χ0v) is 19.0. The highest BCUT2D eigenvalue weighted by atomic mass is 16.6. The van der Waals surface area contributed by atoms with Gasteiger partial charge in [-0.05, 0) is 42.5 Å². The van der Waals surface area contributed by atoms with E-state index < -0.39 is 10.8 Å². The maximum Gasteiger partial charge on any atom is 0.293 e. The van der Waals surface area contributed by atoms with Crippen molar-refractivity contribution in [2.24, 2.45) is 0 Å². The Bertz CT molecular complexity index is 1380. The number of nitro groups is 1. The van der Waals surface area contributed by atoms with Crippen molar-refractivity contribution in [2.75, 3.05) is 43.6 Å². The van der Waals surface area contributed by atoms with Gasteiger partial charge >= 0.3 is 0 Å². The summed E-state index contributed by atoms with van der Waals surface area (Å²) in [4.78, 5) is 34.1. The highest BCUT2D eigenvalue weighted by Crippen LogP contribution is 2.33. The lowest BCUT2D eigenvalue weighted by Crippen LogP contribution is -2.36. The monoisotopic (exact) mass is 473 g/mol. The molecule has 0 spiro atoms. The second-order valence-electron chi connectivity index (χ2n) is 8.03. The first-order valence-electron chi connectivity index (χ1n) is 11.1. The minimum atomic E-state index is -0.485. The van der Waals surface area contributed by atoms with E-state index in [0.29, 0.717) is 49.3 Å². The molecule has 1 aliphatic rings. The molecule has 35 heavy (non-hydrogen) atoms. The van der Waals surface area contributed by atoms with Crippen LogP contribution in [0.5, 0.6) is 5.75 Å². The number of aromatic nitrogens is 2. The van der Waals surface area contributed by atoms with Gasteiger partial charge in [-0.1, -0.05) is 12.1 Å². The summed E-state index contributed by atoms with van der Waals surface area (Å²) in [6.45, 7) is 2.11. The zero-order valence-electron chi connectivity index (χ0n) is 19.0. The number of benzene rings is 3. The molecule has 5 rings (SSSR count). The van der Waals surface area contributed by atoms with Gasteiger partial charge in [-0.25, -0.2) is 4.98 Å². The number of imidazole rings is 1. The standard InChI is InChI=1S/C25H23N5O5/c1-34-23-9-7-16(24-26-18-4-2-3-5-19(18)27-24)14-20(23)28-25(31)17-6-8-21(22(15-17)30(32)33)29-10-12-35-13-11-29/h2-9,14-15H,10-13H2,1H3,(H,26,27)(H,28,31). The summed E-state index contributed by atoms with van der Waals surface area (Å²) in [5.41, 5.74) is 3.43. The third-order valence-electron chi connectivity index (χ3n) is 5.90. The minimum absolute atomic E-state index is 0.123. The molecule has 178 valence electrons. The lowest BCUT2D eigenvalue weighted by Gasteiger charge is -2.28. The van der Waals surface area contributed by atoms with Gasteiger partial charge in [0.25, 0.3) is 11.6 Å². The Morgan fingerprint density at radius 1 is 1.14 bits per heavy atom. The van der Waals surface area contributed by atoms with E-state index >= 15 is 0 Å². The van der Waals surface area contributed by atoms with E-state index in [2.05, 4.69) is 15.3 Å². The normalized spacial score (nSPS) is 13.6. The van der Waals surface area contributed by atoms with Gasteiger partial charge in [0.2, 0.25) is 0 Å². The van der Waals surface area contributed by atoms with Gasteiger partial charge < -0.3 is 24.7 Å². The molecule has 10 nitrogen and oxygen atoms in total. The SMILES string of the molecule is COc1ccc(-c2nc3ccccc3[nH]2)cc1NC(=O)c1ccc(N2CCOCC2)c([N+](=O)[O-])c1. The van der Waals surface area contributed by atoms with Gasteiger partial charge in [-0.2, -0.15) is 0 Å². The number of nitrogens with one attached hydrogen (secondary N) is 2. The van der Waals surface area contributed by atoms with Crippen molar-refractivity contribution in [3.8, 4) is 17.1 Å². The van der Waals surface area contributed by atoms with Crippen LogP contribution >= 0.6 is 0 Å². The number of para-hydroxylation sites is 2. The Labute approximate surface area is 200 Å². The second-order valence-corrected chi connectivity index (χ2v) is 8.03. The molecule has 0 atom stereocenters. The molecule has 2 N–H and O–H groups in total. The Kier molecular flexibility index (Phi) is 6.02. The first kappa shape index (κ1) is 22.4. The van der Waals surface area contributed by atoms with Crippen molar-refractivity contribution in [3.63, 3.8) is 0 Å². The summed E-state index contributed by atoms with van der Waals surface area (Å²) >= 11 is 0. The van der Waals surface area contributed by atoms with E-state index in [-0.39, 0.29) is 11.3 Å². The summed E-state index contributed by atoms with van der Waals surface area (Å²) in [7, 11) is 1.51. The number of carbonyl (C=O) groups excluding carboxylic acids is 1. The summed E-state index contributed by atoms with van der Waals surface area (Å²) < 4.78 is 10.8. The summed E-state index contributed by atoms with van der Waals surface area (Å²) in [5.74, 6) is 0.620. The van der Waals surface area contributed by atoms with Crippen LogP contribution < -0.4 is 15.0 Å². The molecule has 0 unspecified atom stereocenters. The molecule has 1 saturated heterocycles. The highest BCUT2D eigenvalue weighted by molar-refractivity contribution is 6.06. The van der Waals surface area contributed by atoms with Gasteiger partial charge in [-0.15, -0.1) is 0 Å². The van der Waals surface area contributed by atoms with Crippen LogP contribution in [0.25, 0.3) is 22.4 Å². The molecule has 0 saturated carbocycles. The number of nitrogens with zero attached hydrogens (tertiary/aromatic N) is 3. The fourth-order valence-electron chi connectivity index (χ4n) is 4.12. The van der Waals surface area contributed by atoms with Crippen LogP contribution in [0.1, 0.15) is 10.4 Å². The number of amides is 1. The van der Waals surface area contributed by atoms with Crippen molar-refractivity contribution in [1.29, 1.82) is 0 Å². The third-order valence-corrected chi connectivity index (χ3v) is 5.90. The second kappa shape index (κ2) is 9.43. The molecule has 0 bridgehead atoms. The van der Waals surface area contributed by atoms with Crippen LogP contribution in [0.4, 0.5) is 17.1 Å². The number of rotatable bonds is 6. The molecule has 10 heteroatoms. The van der Waals surface area contributed by atoms with E-state index in [1.807, 2.05) is 35.2 Å². The van der Waals surface area contributed by atoms with Crippen molar-refractivity contribution < 1.29 is 19.2 Å². The van der Waals surface area contributed by atoms with Crippen LogP contribution in [0, 0.1) is 10.1 Å². The molecular formula is C25H23N5O5. The topological polar surface area (TPSA) is 123 Å². The minimum Gasteiger partial charge on any atom is -0.495 e. The largest absolute Gasteiger partial charge is 0.495 e. The van der Waals surface area contributed by atoms with Crippen LogP contribution in [0.15, 0.2) is 60.7 Å². The van der Waals surface area contributed by atoms with Crippen molar-refractivity contribution in [1.82, 2.24) is 9.97 Å². The summed E-state index contributed by atoms with van der Waals surface area (Å²) in [6, 6.07) is 17.5. The summed E-state index contributed by atoms with van der Waals surface area (Å²) in [5, 5.41) is 14.6. The number of H-pyrrole nitrogens is 1. The predicted molar refractivity (Wildman–Crippen MR) is 132 cm³/mol. The highest BCUT2D eigenvalue weighted by Gasteiger charge is 2.24. The van der Waals surface area contributed by atoms with E-state index in [1.165, 1.54) is 13.2 Å². The molecule has 0 aliphatic carbocycles. The van der Waals surface area contributed by atoms with E-state index in [1.54, 1.807) is 24.3 Å². The number of hydrogen-bond acceptors (Lipinski definition) is 7. The molecule has 0 radical (unpaired) electrons. The average Bonchev–Trinajstić information content (AvgIpc) is 3.33. The fraction of sp³-hybridized carbons (Fsp3) is 0.200. The van der Waals surface area contributed by atoms with E-state index in [0.717, 1.165) is 16.6 Å². The maximum absolute atomic E-state index is 13.1. The Morgan fingerprint density at radius 3 is 2.69 bits per heavy atom. The van der Waals surface area contributed by atoms with Gasteiger partial charge in [0, 0.05) is 30.3 Å². The number of aromatic amines is 1. The Morgan fingerprint density at radius 2 is 1.94 bits per heavy atom. The number of methoxy groups -OCH3 is 1. The number of anilines is 2. The molecule has 1 fully saturated rings. The van der Waals surface area contributed by atoms with Gasteiger partial charge in [0.15, 0.2) is 0 Å². The van der Waals surface area contributed by atoms with Crippen molar-refractivity contribution in [3.05, 3.63) is 76.3 Å². The summed E-state index contributed by atoms with van der Waals surface area (Å²) in [6.07, 6.45) is 0. The molecular weight excluding hydrogens is 450 g/mol. The van der Waals surface area contributed by atoms with Crippen molar-refractivity contribution >= 4 is 34.0 Å². The number of carbonyl (C=O) groups is 1. The molecule has 3 aromatic carbocycles. The Balaban J connectivity index is 1.44. The smallest absolute Gasteiger partial charge is 0.293 e. The van der Waals surface area contributed by atoms with Gasteiger partial charge in [-0.3, -0.25) is 14.9 Å². The first-order chi connectivity index (χ1) is 17.0. The molecule has 1 amide bonds. The average molecular weight is 473 g/mol. The molecule has 4 aromatic rings. The van der Waals surface area contributed by atoms with Crippen LogP contribution in [-0.2, 0) is 4.74 Å². The number of ether oxygens (including phenoxy) is 2. The van der Waals surface area contributed by atoms with Gasteiger partial charge in [0.05, 0.1) is 42.0 Å². The lowest BCUT2D eigenvalue weighted by atomic mass is 10.1. The quantitative estimate of drug-likeness (QED) is 0.317. The number of nitro benzene ring substituents is 1. The number of hydrogen-bond donors (Lipinski definition) is 2. The first-order valence-corrected chi connectivity index (χ1v) is 11.1. The van der Waals surface area contributed by atoms with E-state index in [9.17, 15) is 14.9 Å². The van der Waals surface area contributed by atoms with Crippen LogP contribution in [0.3, 0.4) is 0 Å². The van der Waals surface area contributed by atoms with Crippen molar-refractivity contribution in [2.45, 2.75) is 0 Å². The van der Waals surface area contributed by atoms with Crippen LogP contribution in [0.2, 0.25) is 0 Å². The molecule has 1 aliphatic heterocycles. The zero-order chi connectivity index (χ0) is 24.4. The molecule has 1 aromatic heterocycles. The number of fused-ring (bicyclic) bond motifs is 1. The Hall–Kier alpha value is -4.44.